The van der Waals surface area contributed by atoms with Crippen LogP contribution in [0.3, 0.4) is 0 Å². The van der Waals surface area contributed by atoms with Crippen LogP contribution in [0.25, 0.3) is 32.9 Å². The minimum absolute atomic E-state index is 0.990. The highest BCUT2D eigenvalue weighted by molar-refractivity contribution is 6.02. The highest BCUT2D eigenvalue weighted by atomic mass is 16.3. The molecule has 0 aliphatic heterocycles. The van der Waals surface area contributed by atoms with Crippen molar-refractivity contribution in [2.75, 3.05) is 0 Å². The van der Waals surface area contributed by atoms with Crippen LogP contribution in [-0.4, -0.2) is 0 Å². The summed E-state index contributed by atoms with van der Waals surface area (Å²) in [6.07, 6.45) is 2.89. The maximum absolute atomic E-state index is 5.73. The molecule has 0 fully saturated rings. The van der Waals surface area contributed by atoms with E-state index in [0.717, 1.165) is 12.0 Å². The molecule has 0 bridgehead atoms. The maximum Gasteiger partial charge on any atom is 0.134 e. The molecular weight excluding hydrogens is 244 g/mol. The fourth-order valence-corrected chi connectivity index (χ4v) is 3.40. The van der Waals surface area contributed by atoms with Crippen molar-refractivity contribution in [1.82, 2.24) is 0 Å². The lowest BCUT2D eigenvalue weighted by atomic mass is 9.85. The predicted molar refractivity (Wildman–Crippen MR) is 82.0 cm³/mol. The summed E-state index contributed by atoms with van der Waals surface area (Å²) < 4.78 is 5.73. The fourth-order valence-electron chi connectivity index (χ4n) is 3.40. The van der Waals surface area contributed by atoms with Crippen molar-refractivity contribution in [3.05, 3.63) is 72.0 Å². The molecule has 0 unspecified atom stereocenters. The largest absolute Gasteiger partial charge is 0.464 e. The summed E-state index contributed by atoms with van der Waals surface area (Å²) in [5, 5.41) is 3.89. The zero-order valence-electron chi connectivity index (χ0n) is 10.9. The topological polar surface area (TPSA) is 13.1 Å². The normalized spacial score (nSPS) is 12.8. The molecule has 1 aliphatic rings. The van der Waals surface area contributed by atoms with Gasteiger partial charge in [0.15, 0.2) is 0 Å². The third-order valence-electron chi connectivity index (χ3n) is 4.33. The van der Waals surface area contributed by atoms with E-state index in [0.29, 0.717) is 0 Å². The monoisotopic (exact) mass is 256 g/mol. The molecule has 94 valence electrons. The standard InChI is InChI=1S/C19H12O/c1-2-5-13-10-16-15(8-12(13)4-1)9-14-6-3-7-18-19(14)17(16)11-20-18/h1-8,10-11H,9H2. The Bertz CT molecular complexity index is 976. The van der Waals surface area contributed by atoms with Crippen LogP contribution >= 0.6 is 0 Å². The van der Waals surface area contributed by atoms with Crippen molar-refractivity contribution in [1.29, 1.82) is 0 Å². The second-order valence-corrected chi connectivity index (χ2v) is 5.47. The lowest BCUT2D eigenvalue weighted by Gasteiger charge is -2.17. The maximum atomic E-state index is 5.73. The zero-order valence-corrected chi connectivity index (χ0v) is 10.9. The molecule has 0 saturated carbocycles. The quantitative estimate of drug-likeness (QED) is 0.373. The van der Waals surface area contributed by atoms with E-state index in [-0.39, 0.29) is 0 Å². The summed E-state index contributed by atoms with van der Waals surface area (Å²) in [5.41, 5.74) is 6.32. The average Bonchev–Trinajstić information content (AvgIpc) is 2.92. The summed E-state index contributed by atoms with van der Waals surface area (Å²) >= 11 is 0. The third-order valence-corrected chi connectivity index (χ3v) is 4.33. The smallest absolute Gasteiger partial charge is 0.134 e. The van der Waals surface area contributed by atoms with Crippen molar-refractivity contribution in [2.24, 2.45) is 0 Å². The van der Waals surface area contributed by atoms with Crippen LogP contribution in [0, 0.1) is 0 Å². The number of rotatable bonds is 0. The Morgan fingerprint density at radius 2 is 1.60 bits per heavy atom. The van der Waals surface area contributed by atoms with Gasteiger partial charge in [-0.2, -0.15) is 0 Å². The molecule has 0 spiro atoms. The lowest BCUT2D eigenvalue weighted by molar-refractivity contribution is 0.617. The summed E-state index contributed by atoms with van der Waals surface area (Å²) in [7, 11) is 0. The lowest BCUT2D eigenvalue weighted by Crippen LogP contribution is -1.98. The van der Waals surface area contributed by atoms with Gasteiger partial charge < -0.3 is 4.42 Å². The molecular formula is C19H12O. The molecule has 0 saturated heterocycles. The molecule has 1 nitrogen and oxygen atoms in total. The molecule has 0 radical (unpaired) electrons. The van der Waals surface area contributed by atoms with E-state index >= 15 is 0 Å². The van der Waals surface area contributed by atoms with E-state index in [1.807, 2.05) is 12.3 Å². The molecule has 3 aromatic carbocycles. The summed E-state index contributed by atoms with van der Waals surface area (Å²) in [4.78, 5) is 0. The first-order valence-corrected chi connectivity index (χ1v) is 6.91. The number of benzene rings is 3. The first kappa shape index (κ1) is 10.3. The summed E-state index contributed by atoms with van der Waals surface area (Å²) in [6.45, 7) is 0. The average molecular weight is 256 g/mol. The van der Waals surface area contributed by atoms with Gasteiger partial charge in [0.1, 0.15) is 5.58 Å². The van der Waals surface area contributed by atoms with Crippen LogP contribution in [0.1, 0.15) is 11.1 Å². The predicted octanol–water partition coefficient (Wildman–Crippen LogP) is 5.16. The van der Waals surface area contributed by atoms with E-state index in [1.54, 1.807) is 0 Å². The van der Waals surface area contributed by atoms with Crippen LogP contribution in [0.2, 0.25) is 0 Å². The summed E-state index contributed by atoms with van der Waals surface area (Å²) in [6, 6.07) is 19.5. The Balaban J connectivity index is 1.94. The van der Waals surface area contributed by atoms with Gasteiger partial charge in [0.25, 0.3) is 0 Å². The van der Waals surface area contributed by atoms with E-state index in [1.165, 1.54) is 38.4 Å². The Labute approximate surface area is 116 Å². The number of hydrogen-bond donors (Lipinski definition) is 0. The molecule has 0 amide bonds. The van der Waals surface area contributed by atoms with Crippen molar-refractivity contribution in [3.63, 3.8) is 0 Å². The number of fused-ring (bicyclic) bond motifs is 3. The van der Waals surface area contributed by atoms with Crippen LogP contribution in [-0.2, 0) is 6.42 Å². The molecule has 1 heteroatoms. The Morgan fingerprint density at radius 1 is 0.750 bits per heavy atom. The summed E-state index contributed by atoms with van der Waals surface area (Å²) in [5.74, 6) is 0. The Hall–Kier alpha value is -2.54. The molecule has 0 N–H and O–H groups in total. The first-order chi connectivity index (χ1) is 9.90. The highest BCUT2D eigenvalue weighted by Crippen LogP contribution is 2.41. The second-order valence-electron chi connectivity index (χ2n) is 5.47. The molecule has 1 heterocycles. The molecule has 20 heavy (non-hydrogen) atoms. The van der Waals surface area contributed by atoms with Crippen molar-refractivity contribution in [2.45, 2.75) is 6.42 Å². The van der Waals surface area contributed by atoms with Crippen molar-refractivity contribution >= 4 is 21.7 Å². The molecule has 4 aromatic rings. The Morgan fingerprint density at radius 3 is 2.50 bits per heavy atom. The van der Waals surface area contributed by atoms with Crippen LogP contribution < -0.4 is 0 Å². The van der Waals surface area contributed by atoms with E-state index in [9.17, 15) is 0 Å². The van der Waals surface area contributed by atoms with Crippen molar-refractivity contribution in [3.8, 4) is 11.1 Å². The second kappa shape index (κ2) is 3.51. The number of hydrogen-bond acceptors (Lipinski definition) is 1. The molecule has 0 atom stereocenters. The van der Waals surface area contributed by atoms with E-state index in [2.05, 4.69) is 48.5 Å². The van der Waals surface area contributed by atoms with Gasteiger partial charge in [-0.15, -0.1) is 0 Å². The minimum Gasteiger partial charge on any atom is -0.464 e. The van der Waals surface area contributed by atoms with Gasteiger partial charge in [-0.25, -0.2) is 0 Å². The fraction of sp³-hybridized carbons (Fsp3) is 0.0526. The van der Waals surface area contributed by atoms with Gasteiger partial charge in [0, 0.05) is 10.9 Å². The van der Waals surface area contributed by atoms with E-state index in [4.69, 9.17) is 4.42 Å². The van der Waals surface area contributed by atoms with Crippen LogP contribution in [0.5, 0.6) is 0 Å². The van der Waals surface area contributed by atoms with Crippen LogP contribution in [0.4, 0.5) is 0 Å². The first-order valence-electron chi connectivity index (χ1n) is 6.91. The van der Waals surface area contributed by atoms with Gasteiger partial charge in [-0.3, -0.25) is 0 Å². The van der Waals surface area contributed by atoms with Gasteiger partial charge in [0.05, 0.1) is 6.26 Å². The molecule has 1 aliphatic carbocycles. The minimum atomic E-state index is 0.990. The highest BCUT2D eigenvalue weighted by Gasteiger charge is 2.20. The van der Waals surface area contributed by atoms with E-state index < -0.39 is 0 Å². The van der Waals surface area contributed by atoms with Gasteiger partial charge in [-0.1, -0.05) is 42.5 Å². The van der Waals surface area contributed by atoms with Gasteiger partial charge in [0.2, 0.25) is 0 Å². The number of furan rings is 1. The van der Waals surface area contributed by atoms with Crippen molar-refractivity contribution < 1.29 is 4.42 Å². The molecule has 1 aromatic heterocycles. The van der Waals surface area contributed by atoms with Gasteiger partial charge in [-0.05, 0) is 46.0 Å². The molecule has 5 rings (SSSR count). The third kappa shape index (κ3) is 1.22. The Kier molecular flexibility index (Phi) is 1.80. The van der Waals surface area contributed by atoms with Gasteiger partial charge >= 0.3 is 0 Å². The zero-order chi connectivity index (χ0) is 13.1. The SMILES string of the molecule is c1ccc2cc3c(cc2c1)Cc1cccc2occ-3c12. The van der Waals surface area contributed by atoms with Crippen LogP contribution in [0.15, 0.2) is 65.3 Å².